The number of amides is 3. The summed E-state index contributed by atoms with van der Waals surface area (Å²) in [5.74, 6) is -2.70. The molecule has 172 valence electrons. The van der Waals surface area contributed by atoms with Gasteiger partial charge in [0, 0.05) is 12.0 Å². The zero-order chi connectivity index (χ0) is 24.4. The van der Waals surface area contributed by atoms with Crippen LogP contribution < -0.4 is 10.2 Å². The highest BCUT2D eigenvalue weighted by atomic mass is 35.5. The van der Waals surface area contributed by atoms with Crippen LogP contribution >= 0.6 is 23.2 Å². The number of rotatable bonds is 6. The van der Waals surface area contributed by atoms with Crippen LogP contribution in [0.25, 0.3) is 0 Å². The zero-order valence-electron chi connectivity index (χ0n) is 17.6. The Labute approximate surface area is 204 Å². The first-order valence-corrected chi connectivity index (χ1v) is 11.0. The fourth-order valence-electron chi connectivity index (χ4n) is 3.78. The lowest BCUT2D eigenvalue weighted by molar-refractivity contribution is -0.139. The van der Waals surface area contributed by atoms with Crippen molar-refractivity contribution in [3.05, 3.63) is 99.0 Å². The maximum atomic E-state index is 12.8. The van der Waals surface area contributed by atoms with Crippen molar-refractivity contribution in [2.24, 2.45) is 0 Å². The van der Waals surface area contributed by atoms with Crippen LogP contribution in [-0.4, -0.2) is 34.8 Å². The third-order valence-electron chi connectivity index (χ3n) is 5.47. The SMILES string of the molecule is O=C(N[C@@H](Cc1ccc(N2C(=O)Cc3ccccc3C2=O)cc1)C(=O)O)c1c(Cl)cccc1Cl. The molecule has 3 amide bonds. The van der Waals surface area contributed by atoms with E-state index in [4.69, 9.17) is 23.2 Å². The summed E-state index contributed by atoms with van der Waals surface area (Å²) in [5, 5.41) is 12.3. The van der Waals surface area contributed by atoms with Crippen molar-refractivity contribution >= 4 is 52.6 Å². The molecule has 0 aromatic heterocycles. The summed E-state index contributed by atoms with van der Waals surface area (Å²) < 4.78 is 0. The van der Waals surface area contributed by atoms with Gasteiger partial charge in [-0.15, -0.1) is 0 Å². The van der Waals surface area contributed by atoms with E-state index in [1.807, 2.05) is 0 Å². The third kappa shape index (κ3) is 4.66. The molecule has 1 heterocycles. The van der Waals surface area contributed by atoms with Gasteiger partial charge in [0.15, 0.2) is 0 Å². The number of anilines is 1. The number of nitrogens with zero attached hydrogens (tertiary/aromatic N) is 1. The molecule has 0 radical (unpaired) electrons. The van der Waals surface area contributed by atoms with E-state index < -0.39 is 23.8 Å². The van der Waals surface area contributed by atoms with E-state index in [9.17, 15) is 24.3 Å². The number of carbonyl (C=O) groups is 4. The molecule has 0 saturated carbocycles. The number of carboxylic acid groups (broad SMARTS) is 1. The molecule has 4 rings (SSSR count). The van der Waals surface area contributed by atoms with Gasteiger partial charge in [0.25, 0.3) is 11.8 Å². The first-order valence-electron chi connectivity index (χ1n) is 10.3. The van der Waals surface area contributed by atoms with Crippen molar-refractivity contribution in [3.8, 4) is 0 Å². The smallest absolute Gasteiger partial charge is 0.326 e. The van der Waals surface area contributed by atoms with Gasteiger partial charge in [-0.2, -0.15) is 0 Å². The summed E-state index contributed by atoms with van der Waals surface area (Å²) in [6.07, 6.45) is 0.0789. The molecule has 3 aromatic rings. The van der Waals surface area contributed by atoms with E-state index >= 15 is 0 Å². The Hall–Kier alpha value is -3.68. The molecule has 9 heteroatoms. The number of halogens is 2. The molecule has 1 atom stereocenters. The van der Waals surface area contributed by atoms with Crippen LogP contribution in [-0.2, 0) is 22.4 Å². The second kappa shape index (κ2) is 9.67. The summed E-state index contributed by atoms with van der Waals surface area (Å²) in [7, 11) is 0. The highest BCUT2D eigenvalue weighted by Crippen LogP contribution is 2.27. The molecular formula is C25H18Cl2N2O5. The molecule has 3 aromatic carbocycles. The van der Waals surface area contributed by atoms with Gasteiger partial charge >= 0.3 is 5.97 Å². The first-order chi connectivity index (χ1) is 16.3. The Bertz CT molecular complexity index is 1290. The molecule has 0 fully saturated rings. The Morgan fingerprint density at radius 1 is 0.941 bits per heavy atom. The molecule has 7 nitrogen and oxygen atoms in total. The molecule has 0 aliphatic carbocycles. The van der Waals surface area contributed by atoms with E-state index in [1.165, 1.54) is 12.1 Å². The number of hydrogen-bond donors (Lipinski definition) is 2. The van der Waals surface area contributed by atoms with E-state index in [0.717, 1.165) is 4.90 Å². The second-order valence-corrected chi connectivity index (χ2v) is 8.51. The van der Waals surface area contributed by atoms with Gasteiger partial charge in [0.2, 0.25) is 5.91 Å². The Kier molecular flexibility index (Phi) is 6.68. The van der Waals surface area contributed by atoms with Gasteiger partial charge in [-0.05, 0) is 41.5 Å². The van der Waals surface area contributed by atoms with Crippen LogP contribution in [0.3, 0.4) is 0 Å². The zero-order valence-corrected chi connectivity index (χ0v) is 19.1. The molecule has 0 bridgehead atoms. The highest BCUT2D eigenvalue weighted by molar-refractivity contribution is 6.39. The van der Waals surface area contributed by atoms with Crippen molar-refractivity contribution in [2.75, 3.05) is 4.90 Å². The maximum Gasteiger partial charge on any atom is 0.326 e. The largest absolute Gasteiger partial charge is 0.480 e. The predicted molar refractivity (Wildman–Crippen MR) is 127 cm³/mol. The van der Waals surface area contributed by atoms with Gasteiger partial charge < -0.3 is 10.4 Å². The fraction of sp³-hybridized carbons (Fsp3) is 0.120. The third-order valence-corrected chi connectivity index (χ3v) is 6.10. The highest BCUT2D eigenvalue weighted by Gasteiger charge is 2.32. The molecule has 0 saturated heterocycles. The fourth-order valence-corrected chi connectivity index (χ4v) is 4.35. The van der Waals surface area contributed by atoms with Crippen LogP contribution in [0.1, 0.15) is 31.8 Å². The van der Waals surface area contributed by atoms with Crippen LogP contribution in [0.4, 0.5) is 5.69 Å². The lowest BCUT2D eigenvalue weighted by atomic mass is 9.97. The number of fused-ring (bicyclic) bond motifs is 1. The topological polar surface area (TPSA) is 104 Å². The lowest BCUT2D eigenvalue weighted by Crippen LogP contribution is -2.43. The molecule has 1 aliphatic rings. The van der Waals surface area contributed by atoms with Gasteiger partial charge in [-0.1, -0.05) is 59.6 Å². The number of carboxylic acids is 1. The number of hydrogen-bond acceptors (Lipinski definition) is 4. The normalized spacial score (nSPS) is 13.9. The van der Waals surface area contributed by atoms with E-state index in [0.29, 0.717) is 22.4 Å². The summed E-state index contributed by atoms with van der Waals surface area (Å²) in [6, 6.07) is 16.6. The van der Waals surface area contributed by atoms with Crippen LogP contribution in [0, 0.1) is 0 Å². The van der Waals surface area contributed by atoms with Gasteiger partial charge in [0.1, 0.15) is 6.04 Å². The van der Waals surface area contributed by atoms with E-state index in [2.05, 4.69) is 5.32 Å². The average molecular weight is 497 g/mol. The number of benzene rings is 3. The Morgan fingerprint density at radius 3 is 2.24 bits per heavy atom. The Morgan fingerprint density at radius 2 is 1.59 bits per heavy atom. The summed E-state index contributed by atoms with van der Waals surface area (Å²) in [4.78, 5) is 50.9. The second-order valence-electron chi connectivity index (χ2n) is 7.70. The number of aliphatic carboxylic acids is 1. The maximum absolute atomic E-state index is 12.8. The lowest BCUT2D eigenvalue weighted by Gasteiger charge is -2.27. The number of carbonyl (C=O) groups excluding carboxylic acids is 3. The van der Waals surface area contributed by atoms with Crippen molar-refractivity contribution in [1.82, 2.24) is 5.32 Å². The van der Waals surface area contributed by atoms with Crippen molar-refractivity contribution < 1.29 is 24.3 Å². The van der Waals surface area contributed by atoms with Gasteiger partial charge in [0.05, 0.1) is 27.7 Å². The minimum atomic E-state index is -1.25. The molecule has 0 unspecified atom stereocenters. The summed E-state index contributed by atoms with van der Waals surface area (Å²) in [6.45, 7) is 0. The number of imide groups is 1. The van der Waals surface area contributed by atoms with E-state index in [1.54, 1.807) is 54.6 Å². The molecule has 34 heavy (non-hydrogen) atoms. The van der Waals surface area contributed by atoms with Gasteiger partial charge in [-0.3, -0.25) is 14.4 Å². The molecule has 0 spiro atoms. The van der Waals surface area contributed by atoms with Crippen molar-refractivity contribution in [2.45, 2.75) is 18.9 Å². The molecule has 1 aliphatic heterocycles. The average Bonchev–Trinajstić information content (AvgIpc) is 2.79. The first kappa shape index (κ1) is 23.5. The van der Waals surface area contributed by atoms with Crippen molar-refractivity contribution in [3.63, 3.8) is 0 Å². The quantitative estimate of drug-likeness (QED) is 0.498. The molecular weight excluding hydrogens is 479 g/mol. The van der Waals surface area contributed by atoms with Crippen LogP contribution in [0.2, 0.25) is 10.0 Å². The Balaban J connectivity index is 1.51. The van der Waals surface area contributed by atoms with Gasteiger partial charge in [-0.25, -0.2) is 9.69 Å². The molecule has 2 N–H and O–H groups in total. The minimum absolute atomic E-state index is 0.00478. The summed E-state index contributed by atoms with van der Waals surface area (Å²) >= 11 is 12.1. The van der Waals surface area contributed by atoms with E-state index in [-0.39, 0.29) is 34.4 Å². The summed E-state index contributed by atoms with van der Waals surface area (Å²) in [5.41, 5.74) is 2.11. The van der Waals surface area contributed by atoms with Crippen LogP contribution in [0.5, 0.6) is 0 Å². The predicted octanol–water partition coefficient (Wildman–Crippen LogP) is 4.15. The van der Waals surface area contributed by atoms with Crippen molar-refractivity contribution in [1.29, 1.82) is 0 Å². The number of nitrogens with one attached hydrogen (secondary N) is 1. The minimum Gasteiger partial charge on any atom is -0.480 e. The standard InChI is InChI=1S/C25H18Cl2N2O5/c26-18-6-3-7-19(27)22(18)23(31)28-20(25(33)34)12-14-8-10-16(11-9-14)29-21(30)13-15-4-1-2-5-17(15)24(29)32/h1-11,20H,12-13H2,(H,28,31)(H,33,34)/t20-/m0/s1. The van der Waals surface area contributed by atoms with Crippen LogP contribution in [0.15, 0.2) is 66.7 Å². The monoisotopic (exact) mass is 496 g/mol.